The molecule has 96 valence electrons. The van der Waals surface area contributed by atoms with E-state index in [1.54, 1.807) is 13.3 Å². The summed E-state index contributed by atoms with van der Waals surface area (Å²) in [5.41, 5.74) is 1.18. The number of hydrogen-bond donors (Lipinski definition) is 1. The maximum absolute atomic E-state index is 5.60. The monoisotopic (exact) mass is 252 g/mol. The Labute approximate surface area is 112 Å². The Hall–Kier alpha value is -2.13. The van der Waals surface area contributed by atoms with Crippen LogP contribution in [-0.2, 0) is 11.2 Å². The van der Waals surface area contributed by atoms with Crippen LogP contribution in [0.2, 0.25) is 0 Å². The smallest absolute Gasteiger partial charge is 0.108 e. The number of nitrogens with zero attached hydrogens (tertiary/aromatic N) is 1. The lowest BCUT2D eigenvalue weighted by Gasteiger charge is -2.15. The largest absolute Gasteiger partial charge is 0.376 e. The number of H-pyrrole nitrogens is 1. The topological polar surface area (TPSA) is 37.9 Å². The molecule has 0 fully saturated rings. The van der Waals surface area contributed by atoms with Crippen LogP contribution in [-0.4, -0.2) is 17.1 Å². The van der Waals surface area contributed by atoms with E-state index in [0.717, 1.165) is 12.2 Å². The molecular formula is C16H16N2O. The number of fused-ring (bicyclic) bond motifs is 1. The number of aromatic amines is 1. The predicted octanol–water partition coefficient (Wildman–Crippen LogP) is 3.49. The summed E-state index contributed by atoms with van der Waals surface area (Å²) in [5, 5.41) is 2.49. The molecular weight excluding hydrogens is 236 g/mol. The van der Waals surface area contributed by atoms with Crippen LogP contribution in [0, 0.1) is 0 Å². The number of hydrogen-bond acceptors (Lipinski definition) is 2. The molecule has 0 aliphatic heterocycles. The van der Waals surface area contributed by atoms with Crippen LogP contribution in [0.15, 0.2) is 54.9 Å². The summed E-state index contributed by atoms with van der Waals surface area (Å²) in [6.45, 7) is 0. The first-order chi connectivity index (χ1) is 9.36. The van der Waals surface area contributed by atoms with Crippen LogP contribution in [0.25, 0.3) is 10.8 Å². The van der Waals surface area contributed by atoms with E-state index in [0.29, 0.717) is 0 Å². The molecule has 0 amide bonds. The quantitative estimate of drug-likeness (QED) is 0.771. The molecule has 2 aromatic carbocycles. The van der Waals surface area contributed by atoms with Gasteiger partial charge < -0.3 is 9.72 Å². The average molecular weight is 252 g/mol. The first kappa shape index (κ1) is 11.9. The average Bonchev–Trinajstić information content (AvgIpc) is 2.97. The maximum atomic E-state index is 5.60. The summed E-state index contributed by atoms with van der Waals surface area (Å²) in [6.07, 6.45) is 4.38. The molecule has 1 heterocycles. The second-order valence-electron chi connectivity index (χ2n) is 4.57. The third-order valence-electron chi connectivity index (χ3n) is 3.36. The van der Waals surface area contributed by atoms with E-state index < -0.39 is 0 Å². The molecule has 1 unspecified atom stereocenters. The van der Waals surface area contributed by atoms with Crippen molar-refractivity contribution in [2.24, 2.45) is 0 Å². The number of methoxy groups -OCH3 is 1. The maximum Gasteiger partial charge on any atom is 0.108 e. The Morgan fingerprint density at radius 2 is 2.00 bits per heavy atom. The molecule has 0 aliphatic rings. The van der Waals surface area contributed by atoms with Crippen molar-refractivity contribution in [3.63, 3.8) is 0 Å². The zero-order chi connectivity index (χ0) is 13.1. The van der Waals surface area contributed by atoms with Crippen molar-refractivity contribution in [1.29, 1.82) is 0 Å². The zero-order valence-electron chi connectivity index (χ0n) is 10.8. The summed E-state index contributed by atoms with van der Waals surface area (Å²) < 4.78 is 5.60. The van der Waals surface area contributed by atoms with Gasteiger partial charge in [-0.2, -0.15) is 0 Å². The fraction of sp³-hybridized carbons (Fsp3) is 0.188. The zero-order valence-corrected chi connectivity index (χ0v) is 10.8. The normalized spacial score (nSPS) is 12.7. The lowest BCUT2D eigenvalue weighted by Crippen LogP contribution is -2.06. The SMILES string of the molecule is COC(Cc1ncc[nH]1)c1ccc2ccccc2c1. The Morgan fingerprint density at radius 3 is 2.74 bits per heavy atom. The highest BCUT2D eigenvalue weighted by Crippen LogP contribution is 2.24. The van der Waals surface area contributed by atoms with E-state index in [4.69, 9.17) is 4.74 Å². The predicted molar refractivity (Wildman–Crippen MR) is 76.0 cm³/mol. The Bertz CT molecular complexity index is 661. The number of ether oxygens (including phenoxy) is 1. The highest BCUT2D eigenvalue weighted by molar-refractivity contribution is 5.83. The van der Waals surface area contributed by atoms with Crippen molar-refractivity contribution < 1.29 is 4.74 Å². The molecule has 0 spiro atoms. The second-order valence-corrected chi connectivity index (χ2v) is 4.57. The van der Waals surface area contributed by atoms with Crippen LogP contribution in [0.1, 0.15) is 17.5 Å². The molecule has 3 nitrogen and oxygen atoms in total. The van der Waals surface area contributed by atoms with Gasteiger partial charge in [-0.1, -0.05) is 36.4 Å². The molecule has 0 saturated heterocycles. The lowest BCUT2D eigenvalue weighted by molar-refractivity contribution is 0.102. The molecule has 0 radical (unpaired) electrons. The standard InChI is InChI=1S/C16H16N2O/c1-19-15(11-16-17-8-9-18-16)14-7-6-12-4-2-3-5-13(12)10-14/h2-10,15H,11H2,1H3,(H,17,18). The van der Waals surface area contributed by atoms with Crippen molar-refractivity contribution in [2.45, 2.75) is 12.5 Å². The lowest BCUT2D eigenvalue weighted by atomic mass is 10.0. The molecule has 3 aromatic rings. The Balaban J connectivity index is 1.92. The fourth-order valence-electron chi connectivity index (χ4n) is 2.33. The van der Waals surface area contributed by atoms with Gasteiger partial charge in [-0.3, -0.25) is 0 Å². The first-order valence-corrected chi connectivity index (χ1v) is 6.36. The minimum Gasteiger partial charge on any atom is -0.376 e. The van der Waals surface area contributed by atoms with E-state index in [-0.39, 0.29) is 6.10 Å². The minimum atomic E-state index is 0.0238. The highest BCUT2D eigenvalue weighted by atomic mass is 16.5. The van der Waals surface area contributed by atoms with Crippen molar-refractivity contribution in [1.82, 2.24) is 9.97 Å². The summed E-state index contributed by atoms with van der Waals surface area (Å²) in [6, 6.07) is 14.8. The third kappa shape index (κ3) is 2.51. The van der Waals surface area contributed by atoms with Gasteiger partial charge in [-0.05, 0) is 22.4 Å². The molecule has 1 N–H and O–H groups in total. The molecule has 1 aromatic heterocycles. The van der Waals surface area contributed by atoms with Crippen molar-refractivity contribution >= 4 is 10.8 Å². The number of benzene rings is 2. The molecule has 0 aliphatic carbocycles. The second kappa shape index (κ2) is 5.24. The Kier molecular flexibility index (Phi) is 3.29. The van der Waals surface area contributed by atoms with E-state index >= 15 is 0 Å². The molecule has 1 atom stereocenters. The van der Waals surface area contributed by atoms with Gasteiger partial charge in [-0.25, -0.2) is 4.98 Å². The molecule has 19 heavy (non-hydrogen) atoms. The van der Waals surface area contributed by atoms with Gasteiger partial charge in [0, 0.05) is 25.9 Å². The molecule has 0 saturated carbocycles. The van der Waals surface area contributed by atoms with Crippen LogP contribution < -0.4 is 0 Å². The van der Waals surface area contributed by atoms with Gasteiger partial charge in [0.2, 0.25) is 0 Å². The van der Waals surface area contributed by atoms with Crippen molar-refractivity contribution in [3.8, 4) is 0 Å². The van der Waals surface area contributed by atoms with E-state index in [1.807, 2.05) is 6.20 Å². The fourth-order valence-corrected chi connectivity index (χ4v) is 2.33. The van der Waals surface area contributed by atoms with Gasteiger partial charge in [0.05, 0.1) is 6.10 Å². The van der Waals surface area contributed by atoms with Gasteiger partial charge >= 0.3 is 0 Å². The minimum absolute atomic E-state index is 0.0238. The van der Waals surface area contributed by atoms with Crippen molar-refractivity contribution in [3.05, 3.63) is 66.2 Å². The van der Waals surface area contributed by atoms with E-state index in [2.05, 4.69) is 52.4 Å². The van der Waals surface area contributed by atoms with Gasteiger partial charge in [-0.15, -0.1) is 0 Å². The first-order valence-electron chi connectivity index (χ1n) is 6.36. The molecule has 3 rings (SSSR count). The van der Waals surface area contributed by atoms with Gasteiger partial charge in [0.1, 0.15) is 5.82 Å². The summed E-state index contributed by atoms with van der Waals surface area (Å²) in [5.74, 6) is 0.944. The number of imidazole rings is 1. The van der Waals surface area contributed by atoms with Gasteiger partial charge in [0.25, 0.3) is 0 Å². The molecule has 0 bridgehead atoms. The number of rotatable bonds is 4. The van der Waals surface area contributed by atoms with Crippen LogP contribution >= 0.6 is 0 Å². The van der Waals surface area contributed by atoms with Crippen molar-refractivity contribution in [2.75, 3.05) is 7.11 Å². The number of nitrogens with one attached hydrogen (secondary N) is 1. The van der Waals surface area contributed by atoms with Crippen LogP contribution in [0.4, 0.5) is 0 Å². The van der Waals surface area contributed by atoms with E-state index in [1.165, 1.54) is 16.3 Å². The van der Waals surface area contributed by atoms with E-state index in [9.17, 15) is 0 Å². The third-order valence-corrected chi connectivity index (χ3v) is 3.36. The number of aromatic nitrogens is 2. The Morgan fingerprint density at radius 1 is 1.16 bits per heavy atom. The summed E-state index contributed by atoms with van der Waals surface area (Å²) in [4.78, 5) is 7.37. The highest BCUT2D eigenvalue weighted by Gasteiger charge is 2.13. The van der Waals surface area contributed by atoms with Crippen LogP contribution in [0.3, 0.4) is 0 Å². The van der Waals surface area contributed by atoms with Gasteiger partial charge in [0.15, 0.2) is 0 Å². The van der Waals surface area contributed by atoms with Crippen LogP contribution in [0.5, 0.6) is 0 Å². The summed E-state index contributed by atoms with van der Waals surface area (Å²) >= 11 is 0. The molecule has 3 heteroatoms. The summed E-state index contributed by atoms with van der Waals surface area (Å²) in [7, 11) is 1.74.